The van der Waals surface area contributed by atoms with E-state index in [1.165, 1.54) is 4.90 Å². The van der Waals surface area contributed by atoms with Crippen LogP contribution >= 0.6 is 0 Å². The van der Waals surface area contributed by atoms with Gasteiger partial charge in [0.1, 0.15) is 11.9 Å². The van der Waals surface area contributed by atoms with Gasteiger partial charge in [-0.2, -0.15) is 0 Å². The van der Waals surface area contributed by atoms with Crippen LogP contribution in [-0.2, 0) is 11.2 Å². The lowest BCUT2D eigenvalue weighted by molar-refractivity contribution is -0.138. The number of H-pyrrole nitrogens is 1. The van der Waals surface area contributed by atoms with Crippen molar-refractivity contribution in [1.82, 2.24) is 20.2 Å². The molecule has 1 saturated heterocycles. The quantitative estimate of drug-likeness (QED) is 0.903. The molecule has 7 heteroatoms. The highest BCUT2D eigenvalue weighted by atomic mass is 19.3. The molecule has 1 unspecified atom stereocenters. The van der Waals surface area contributed by atoms with Gasteiger partial charge in [0.2, 0.25) is 5.91 Å². The molecule has 2 heterocycles. The third-order valence-electron chi connectivity index (χ3n) is 4.23. The third kappa shape index (κ3) is 3.34. The molecule has 1 aromatic heterocycles. The van der Waals surface area contributed by atoms with E-state index in [2.05, 4.69) is 15.3 Å². The molecule has 2 N–H and O–H groups in total. The average Bonchev–Trinajstić information content (AvgIpc) is 2.97. The minimum atomic E-state index is -2.53. The Balaban J connectivity index is 1.66. The molecule has 23 heavy (non-hydrogen) atoms. The summed E-state index contributed by atoms with van der Waals surface area (Å²) in [6.07, 6.45) is -1.92. The van der Waals surface area contributed by atoms with Crippen molar-refractivity contribution in [3.05, 3.63) is 29.6 Å². The summed E-state index contributed by atoms with van der Waals surface area (Å²) in [5, 5.41) is 2.91. The number of piperazine rings is 1. The number of alkyl halides is 2. The van der Waals surface area contributed by atoms with E-state index in [-0.39, 0.29) is 18.9 Å². The maximum atomic E-state index is 13.0. The monoisotopic (exact) mass is 322 g/mol. The summed E-state index contributed by atoms with van der Waals surface area (Å²) in [6, 6.07) is 4.82. The number of nitrogens with zero attached hydrogens (tertiary/aromatic N) is 2. The summed E-state index contributed by atoms with van der Waals surface area (Å²) in [7, 11) is 0. The van der Waals surface area contributed by atoms with Crippen molar-refractivity contribution in [1.29, 1.82) is 0 Å². The van der Waals surface area contributed by atoms with Crippen LogP contribution in [-0.4, -0.2) is 52.9 Å². The minimum Gasteiger partial charge on any atom is -0.342 e. The van der Waals surface area contributed by atoms with Crippen LogP contribution in [0.2, 0.25) is 0 Å². The summed E-state index contributed by atoms with van der Waals surface area (Å²) in [4.78, 5) is 21.3. The fraction of sp³-hybridized carbons (Fsp3) is 0.500. The zero-order valence-corrected chi connectivity index (χ0v) is 13.0. The lowest BCUT2D eigenvalue weighted by Crippen LogP contribution is -2.56. The molecule has 0 bridgehead atoms. The van der Waals surface area contributed by atoms with Gasteiger partial charge >= 0.3 is 0 Å². The first kappa shape index (κ1) is 15.9. The standard InChI is InChI=1S/C16H20F2N4O/c1-10-3-2-4-11-15(10)21-13(20-11)5-6-14(23)22-8-7-19-9-12(22)16(17)18/h2-4,12,16,19H,5-9H2,1H3,(H,20,21). The van der Waals surface area contributed by atoms with Gasteiger partial charge in [-0.15, -0.1) is 0 Å². The molecule has 0 radical (unpaired) electrons. The summed E-state index contributed by atoms with van der Waals surface area (Å²) in [5.74, 6) is 0.473. The number of imidazole rings is 1. The van der Waals surface area contributed by atoms with Gasteiger partial charge in [0.05, 0.1) is 11.0 Å². The second-order valence-electron chi connectivity index (χ2n) is 5.85. The Hall–Kier alpha value is -2.02. The summed E-state index contributed by atoms with van der Waals surface area (Å²) in [5.41, 5.74) is 2.89. The molecule has 1 atom stereocenters. The number of aryl methyl sites for hydroxylation is 2. The Morgan fingerprint density at radius 1 is 1.48 bits per heavy atom. The van der Waals surface area contributed by atoms with Gasteiger partial charge in [-0.1, -0.05) is 12.1 Å². The molecule has 0 aliphatic carbocycles. The number of halogens is 2. The second kappa shape index (κ2) is 6.62. The molecule has 0 saturated carbocycles. The number of amides is 1. The van der Waals surface area contributed by atoms with Gasteiger partial charge in [-0.05, 0) is 18.6 Å². The fourth-order valence-electron chi connectivity index (χ4n) is 2.97. The molecule has 124 valence electrons. The number of benzene rings is 1. The summed E-state index contributed by atoms with van der Waals surface area (Å²) in [6.45, 7) is 3.01. The summed E-state index contributed by atoms with van der Waals surface area (Å²) >= 11 is 0. The Labute approximate surface area is 133 Å². The zero-order chi connectivity index (χ0) is 16.4. The predicted octanol–water partition coefficient (Wildman–Crippen LogP) is 1.87. The van der Waals surface area contributed by atoms with Crippen molar-refractivity contribution in [2.24, 2.45) is 0 Å². The van der Waals surface area contributed by atoms with E-state index in [1.54, 1.807) is 0 Å². The number of hydrogen-bond acceptors (Lipinski definition) is 3. The number of para-hydroxylation sites is 1. The van der Waals surface area contributed by atoms with E-state index in [1.807, 2.05) is 25.1 Å². The smallest absolute Gasteiger partial charge is 0.259 e. The highest BCUT2D eigenvalue weighted by molar-refractivity contribution is 5.79. The molecule has 1 aliphatic rings. The van der Waals surface area contributed by atoms with Crippen molar-refractivity contribution >= 4 is 16.9 Å². The zero-order valence-electron chi connectivity index (χ0n) is 13.0. The largest absolute Gasteiger partial charge is 0.342 e. The number of carbonyl (C=O) groups is 1. The van der Waals surface area contributed by atoms with Crippen molar-refractivity contribution in [3.8, 4) is 0 Å². The van der Waals surface area contributed by atoms with E-state index < -0.39 is 12.5 Å². The van der Waals surface area contributed by atoms with E-state index in [0.717, 1.165) is 16.6 Å². The first-order chi connectivity index (χ1) is 11.1. The van der Waals surface area contributed by atoms with Crippen LogP contribution < -0.4 is 5.32 Å². The number of hydrogen-bond donors (Lipinski definition) is 2. The van der Waals surface area contributed by atoms with Gasteiger partial charge < -0.3 is 15.2 Å². The number of carbonyl (C=O) groups excluding carboxylic acids is 1. The maximum absolute atomic E-state index is 13.0. The van der Waals surface area contributed by atoms with Crippen LogP contribution in [0.1, 0.15) is 17.8 Å². The Bertz CT molecular complexity index is 700. The Morgan fingerprint density at radius 3 is 3.04 bits per heavy atom. The van der Waals surface area contributed by atoms with Gasteiger partial charge in [0, 0.05) is 32.5 Å². The van der Waals surface area contributed by atoms with Gasteiger partial charge in [0.25, 0.3) is 6.43 Å². The van der Waals surface area contributed by atoms with Gasteiger partial charge in [-0.25, -0.2) is 13.8 Å². The second-order valence-corrected chi connectivity index (χ2v) is 5.85. The fourth-order valence-corrected chi connectivity index (χ4v) is 2.97. The van der Waals surface area contributed by atoms with Crippen LogP contribution in [0.15, 0.2) is 18.2 Å². The molecule has 1 fully saturated rings. The van der Waals surface area contributed by atoms with Crippen molar-refractivity contribution in [2.45, 2.75) is 32.2 Å². The summed E-state index contributed by atoms with van der Waals surface area (Å²) < 4.78 is 26.1. The normalized spacial score (nSPS) is 18.8. The number of aromatic amines is 1. The Kier molecular flexibility index (Phi) is 4.56. The average molecular weight is 322 g/mol. The van der Waals surface area contributed by atoms with Crippen LogP contribution in [0, 0.1) is 6.92 Å². The van der Waals surface area contributed by atoms with Crippen molar-refractivity contribution in [3.63, 3.8) is 0 Å². The van der Waals surface area contributed by atoms with Crippen LogP contribution in [0.4, 0.5) is 8.78 Å². The molecule has 1 aromatic carbocycles. The van der Waals surface area contributed by atoms with Crippen molar-refractivity contribution < 1.29 is 13.6 Å². The SMILES string of the molecule is Cc1cccc2[nH]c(CCC(=O)N3CCNCC3C(F)F)nc12. The van der Waals surface area contributed by atoms with Gasteiger partial charge in [-0.3, -0.25) is 4.79 Å². The molecule has 3 rings (SSSR count). The Morgan fingerprint density at radius 2 is 2.30 bits per heavy atom. The molecule has 1 amide bonds. The third-order valence-corrected chi connectivity index (χ3v) is 4.23. The molecule has 2 aromatic rings. The lowest BCUT2D eigenvalue weighted by Gasteiger charge is -2.35. The number of aromatic nitrogens is 2. The number of nitrogens with one attached hydrogen (secondary N) is 2. The van der Waals surface area contributed by atoms with E-state index in [0.29, 0.717) is 25.3 Å². The molecule has 1 aliphatic heterocycles. The first-order valence-corrected chi connectivity index (χ1v) is 7.79. The van der Waals surface area contributed by atoms with E-state index in [4.69, 9.17) is 0 Å². The first-order valence-electron chi connectivity index (χ1n) is 7.79. The molecular formula is C16H20F2N4O. The lowest BCUT2D eigenvalue weighted by atomic mass is 10.1. The number of fused-ring (bicyclic) bond motifs is 1. The highest BCUT2D eigenvalue weighted by Gasteiger charge is 2.32. The van der Waals surface area contributed by atoms with Crippen LogP contribution in [0.25, 0.3) is 11.0 Å². The minimum absolute atomic E-state index is 0.146. The van der Waals surface area contributed by atoms with Crippen LogP contribution in [0.3, 0.4) is 0 Å². The van der Waals surface area contributed by atoms with Gasteiger partial charge in [0.15, 0.2) is 0 Å². The number of rotatable bonds is 4. The highest BCUT2D eigenvalue weighted by Crippen LogP contribution is 2.17. The maximum Gasteiger partial charge on any atom is 0.259 e. The van der Waals surface area contributed by atoms with E-state index >= 15 is 0 Å². The molecule has 5 nitrogen and oxygen atoms in total. The molecular weight excluding hydrogens is 302 g/mol. The van der Waals surface area contributed by atoms with Crippen molar-refractivity contribution in [2.75, 3.05) is 19.6 Å². The van der Waals surface area contributed by atoms with Crippen LogP contribution in [0.5, 0.6) is 0 Å². The molecule has 0 spiro atoms. The van der Waals surface area contributed by atoms with E-state index in [9.17, 15) is 13.6 Å². The predicted molar refractivity (Wildman–Crippen MR) is 83.5 cm³/mol. The topological polar surface area (TPSA) is 61.0 Å².